The lowest BCUT2D eigenvalue weighted by molar-refractivity contribution is -0.384. The fourth-order valence-corrected chi connectivity index (χ4v) is 1.82. The van der Waals surface area contributed by atoms with Gasteiger partial charge in [-0.05, 0) is 12.1 Å². The summed E-state index contributed by atoms with van der Waals surface area (Å²) < 4.78 is 50.9. The molecule has 0 saturated heterocycles. The number of halogens is 5. The van der Waals surface area contributed by atoms with Crippen molar-refractivity contribution in [1.82, 2.24) is 9.97 Å². The van der Waals surface area contributed by atoms with Crippen LogP contribution in [0, 0.1) is 15.9 Å². The van der Waals surface area contributed by atoms with E-state index in [1.807, 2.05) is 0 Å². The molecule has 1 aromatic carbocycles. The van der Waals surface area contributed by atoms with Gasteiger partial charge >= 0.3 is 11.9 Å². The molecule has 0 saturated carbocycles. The van der Waals surface area contributed by atoms with Crippen LogP contribution in [0.5, 0.6) is 0 Å². The van der Waals surface area contributed by atoms with E-state index in [-0.39, 0.29) is 11.3 Å². The number of benzene rings is 1. The summed E-state index contributed by atoms with van der Waals surface area (Å²) in [5, 5.41) is 10.4. The van der Waals surface area contributed by atoms with Crippen LogP contribution in [0.25, 0.3) is 11.3 Å². The van der Waals surface area contributed by atoms with Gasteiger partial charge in [-0.25, -0.2) is 14.4 Å². The van der Waals surface area contributed by atoms with Gasteiger partial charge in [0, 0.05) is 5.56 Å². The first-order valence-corrected chi connectivity index (χ1v) is 5.61. The highest BCUT2D eigenvalue weighted by Gasteiger charge is 2.34. The van der Waals surface area contributed by atoms with Gasteiger partial charge in [-0.3, -0.25) is 10.1 Å². The predicted octanol–water partition coefficient (Wildman–Crippen LogP) is 3.86. The summed E-state index contributed by atoms with van der Waals surface area (Å²) in [6.45, 7) is 0. The SMILES string of the molecule is O=[N+]([O-])c1c(Cl)ncnc1-c1ccc(C(F)(F)F)c(F)c1. The molecule has 0 atom stereocenters. The molecule has 0 radical (unpaired) electrons. The summed E-state index contributed by atoms with van der Waals surface area (Å²) in [5.74, 6) is -1.57. The quantitative estimate of drug-likeness (QED) is 0.364. The van der Waals surface area contributed by atoms with Gasteiger partial charge in [0.1, 0.15) is 12.1 Å². The first-order chi connectivity index (χ1) is 9.71. The molecule has 0 amide bonds. The van der Waals surface area contributed by atoms with Crippen molar-refractivity contribution >= 4 is 17.3 Å². The minimum atomic E-state index is -4.86. The molecule has 21 heavy (non-hydrogen) atoms. The Bertz CT molecular complexity index is 721. The lowest BCUT2D eigenvalue weighted by Crippen LogP contribution is -2.08. The minimum Gasteiger partial charge on any atom is -0.258 e. The Hall–Kier alpha value is -2.29. The maximum Gasteiger partial charge on any atom is 0.419 e. The third-order valence-electron chi connectivity index (χ3n) is 2.51. The van der Waals surface area contributed by atoms with Gasteiger partial charge in [0.25, 0.3) is 0 Å². The predicted molar refractivity (Wildman–Crippen MR) is 64.1 cm³/mol. The highest BCUT2D eigenvalue weighted by molar-refractivity contribution is 6.31. The van der Waals surface area contributed by atoms with Gasteiger partial charge < -0.3 is 0 Å². The van der Waals surface area contributed by atoms with E-state index in [1.165, 1.54) is 0 Å². The summed E-state index contributed by atoms with van der Waals surface area (Å²) >= 11 is 5.55. The Balaban J connectivity index is 2.62. The topological polar surface area (TPSA) is 68.9 Å². The average molecular weight is 322 g/mol. The van der Waals surface area contributed by atoms with Crippen LogP contribution in [0.3, 0.4) is 0 Å². The van der Waals surface area contributed by atoms with E-state index in [0.717, 1.165) is 12.4 Å². The van der Waals surface area contributed by atoms with Crippen LogP contribution in [0.4, 0.5) is 23.2 Å². The Kier molecular flexibility index (Phi) is 3.77. The van der Waals surface area contributed by atoms with Crippen molar-refractivity contribution in [2.75, 3.05) is 0 Å². The lowest BCUT2D eigenvalue weighted by Gasteiger charge is -2.09. The molecule has 0 bridgehead atoms. The van der Waals surface area contributed by atoms with E-state index >= 15 is 0 Å². The molecule has 1 aromatic heterocycles. The molecule has 2 rings (SSSR count). The normalized spacial score (nSPS) is 11.5. The van der Waals surface area contributed by atoms with Gasteiger partial charge in [-0.15, -0.1) is 0 Å². The Morgan fingerprint density at radius 3 is 2.43 bits per heavy atom. The second kappa shape index (κ2) is 5.24. The van der Waals surface area contributed by atoms with Crippen LogP contribution in [0.2, 0.25) is 5.15 Å². The van der Waals surface area contributed by atoms with Gasteiger partial charge in [0.05, 0.1) is 10.5 Å². The molecule has 5 nitrogen and oxygen atoms in total. The zero-order valence-corrected chi connectivity index (χ0v) is 10.6. The van der Waals surface area contributed by atoms with Gasteiger partial charge in [-0.2, -0.15) is 13.2 Å². The van der Waals surface area contributed by atoms with Gasteiger partial charge in [0.15, 0.2) is 5.69 Å². The standard InChI is InChI=1S/C11H4ClF4N3O2/c12-10-9(19(20)21)8(17-4-18-10)5-1-2-6(7(13)3-5)11(14,15)16/h1-4H. The van der Waals surface area contributed by atoms with Crippen LogP contribution in [-0.4, -0.2) is 14.9 Å². The molecule has 0 aliphatic rings. The number of alkyl halides is 3. The maximum atomic E-state index is 13.5. The van der Waals surface area contributed by atoms with Crippen LogP contribution in [0.1, 0.15) is 5.56 Å². The van der Waals surface area contributed by atoms with Crippen LogP contribution < -0.4 is 0 Å². The van der Waals surface area contributed by atoms with E-state index in [2.05, 4.69) is 9.97 Å². The number of rotatable bonds is 2. The maximum absolute atomic E-state index is 13.5. The van der Waals surface area contributed by atoms with Crippen molar-refractivity contribution in [3.8, 4) is 11.3 Å². The molecule has 0 spiro atoms. The van der Waals surface area contributed by atoms with E-state index in [0.29, 0.717) is 12.1 Å². The highest BCUT2D eigenvalue weighted by Crippen LogP contribution is 2.36. The molecule has 1 heterocycles. The fraction of sp³-hybridized carbons (Fsp3) is 0.0909. The largest absolute Gasteiger partial charge is 0.419 e. The summed E-state index contributed by atoms with van der Waals surface area (Å²) in [5.41, 5.74) is -2.77. The molecular formula is C11H4ClF4N3O2. The Morgan fingerprint density at radius 2 is 1.90 bits per heavy atom. The van der Waals surface area contributed by atoms with Crippen LogP contribution in [0.15, 0.2) is 24.5 Å². The molecule has 10 heteroatoms. The van der Waals surface area contributed by atoms with E-state index < -0.39 is 33.3 Å². The van der Waals surface area contributed by atoms with Gasteiger partial charge in [-0.1, -0.05) is 17.7 Å². The Labute approximate surface area is 119 Å². The average Bonchev–Trinajstić information content (AvgIpc) is 2.36. The fourth-order valence-electron chi connectivity index (χ4n) is 1.62. The van der Waals surface area contributed by atoms with E-state index in [1.54, 1.807) is 0 Å². The smallest absolute Gasteiger partial charge is 0.258 e. The molecule has 0 unspecified atom stereocenters. The molecule has 0 aliphatic heterocycles. The molecule has 0 aliphatic carbocycles. The molecule has 0 fully saturated rings. The molecular weight excluding hydrogens is 318 g/mol. The number of hydrogen-bond donors (Lipinski definition) is 0. The van der Waals surface area contributed by atoms with Crippen molar-refractivity contribution in [3.05, 3.63) is 51.2 Å². The van der Waals surface area contributed by atoms with Crippen LogP contribution in [-0.2, 0) is 6.18 Å². The second-order valence-corrected chi connectivity index (χ2v) is 4.17. The zero-order valence-electron chi connectivity index (χ0n) is 9.86. The number of aromatic nitrogens is 2. The minimum absolute atomic E-state index is 0.212. The summed E-state index contributed by atoms with van der Waals surface area (Å²) in [6, 6.07) is 1.86. The van der Waals surface area contributed by atoms with E-state index in [4.69, 9.17) is 11.6 Å². The van der Waals surface area contributed by atoms with Crippen molar-refractivity contribution < 1.29 is 22.5 Å². The second-order valence-electron chi connectivity index (χ2n) is 3.81. The zero-order chi connectivity index (χ0) is 15.8. The van der Waals surface area contributed by atoms with Crippen molar-refractivity contribution in [1.29, 1.82) is 0 Å². The molecule has 0 N–H and O–H groups in total. The van der Waals surface area contributed by atoms with Crippen molar-refractivity contribution in [2.24, 2.45) is 0 Å². The molecule has 2 aromatic rings. The first-order valence-electron chi connectivity index (χ1n) is 5.24. The van der Waals surface area contributed by atoms with Crippen molar-refractivity contribution in [3.63, 3.8) is 0 Å². The Morgan fingerprint density at radius 1 is 1.24 bits per heavy atom. The molecule has 110 valence electrons. The summed E-state index contributed by atoms with van der Waals surface area (Å²) in [7, 11) is 0. The highest BCUT2D eigenvalue weighted by atomic mass is 35.5. The third-order valence-corrected chi connectivity index (χ3v) is 2.78. The first kappa shape index (κ1) is 15.1. The number of nitro groups is 1. The number of hydrogen-bond acceptors (Lipinski definition) is 4. The monoisotopic (exact) mass is 321 g/mol. The summed E-state index contributed by atoms with van der Waals surface area (Å²) in [4.78, 5) is 17.0. The van der Waals surface area contributed by atoms with Crippen LogP contribution >= 0.6 is 11.6 Å². The van der Waals surface area contributed by atoms with E-state index in [9.17, 15) is 27.7 Å². The van der Waals surface area contributed by atoms with Gasteiger partial charge in [0.2, 0.25) is 5.15 Å². The lowest BCUT2D eigenvalue weighted by atomic mass is 10.1. The number of nitrogens with zero attached hydrogens (tertiary/aromatic N) is 3. The van der Waals surface area contributed by atoms with Crippen molar-refractivity contribution in [2.45, 2.75) is 6.18 Å². The summed E-state index contributed by atoms with van der Waals surface area (Å²) in [6.07, 6.45) is -3.97. The third kappa shape index (κ3) is 2.92.